The Morgan fingerprint density at radius 2 is 2.11 bits per heavy atom. The predicted octanol–water partition coefficient (Wildman–Crippen LogP) is 2.92. The minimum atomic E-state index is -0.450. The molecule has 2 rings (SSSR count). The van der Waals surface area contributed by atoms with Gasteiger partial charge >= 0.3 is 0 Å². The molecule has 0 aliphatic carbocycles. The zero-order valence-corrected chi connectivity index (χ0v) is 11.8. The highest BCUT2D eigenvalue weighted by molar-refractivity contribution is 7.71. The third-order valence-corrected chi connectivity index (χ3v) is 3.17. The lowest BCUT2D eigenvalue weighted by molar-refractivity contribution is -0.124. The van der Waals surface area contributed by atoms with Crippen molar-refractivity contribution in [2.45, 2.75) is 32.9 Å². The Bertz CT molecular complexity index is 674. The number of halogens is 1. The van der Waals surface area contributed by atoms with Gasteiger partial charge in [-0.05, 0) is 51.2 Å². The number of aromatic nitrogens is 2. The maximum Gasteiger partial charge on any atom is 0.243 e. The van der Waals surface area contributed by atoms with Crippen LogP contribution in [0, 0.1) is 10.6 Å². The van der Waals surface area contributed by atoms with Crippen molar-refractivity contribution < 1.29 is 9.18 Å². The number of nitrogens with one attached hydrogen (secondary N) is 2. The standard InChI is InChI=1S/C13H16FN3OS/c1-7(2)15-12(18)8(3)17-11-5-4-9(14)6-10(11)16-13(17)19/h4-8H,1-3H3,(H,15,18)(H,16,19). The van der Waals surface area contributed by atoms with E-state index >= 15 is 0 Å². The highest BCUT2D eigenvalue weighted by Crippen LogP contribution is 2.20. The van der Waals surface area contributed by atoms with Crippen LogP contribution in [0.1, 0.15) is 26.8 Å². The molecule has 0 spiro atoms. The molecule has 2 N–H and O–H groups in total. The fraction of sp³-hybridized carbons (Fsp3) is 0.385. The smallest absolute Gasteiger partial charge is 0.243 e. The normalized spacial score (nSPS) is 12.9. The van der Waals surface area contributed by atoms with Crippen LogP contribution in [0.4, 0.5) is 4.39 Å². The van der Waals surface area contributed by atoms with E-state index in [0.717, 1.165) is 5.52 Å². The Labute approximate surface area is 115 Å². The summed E-state index contributed by atoms with van der Waals surface area (Å²) in [5.41, 5.74) is 1.31. The Morgan fingerprint density at radius 1 is 1.42 bits per heavy atom. The van der Waals surface area contributed by atoms with E-state index in [4.69, 9.17) is 12.2 Å². The molecule has 0 aliphatic heterocycles. The fourth-order valence-electron chi connectivity index (χ4n) is 2.01. The number of benzene rings is 1. The molecule has 0 saturated heterocycles. The molecule has 0 radical (unpaired) electrons. The summed E-state index contributed by atoms with van der Waals surface area (Å²) >= 11 is 5.21. The van der Waals surface area contributed by atoms with E-state index in [-0.39, 0.29) is 17.8 Å². The molecule has 0 bridgehead atoms. The molecule has 2 aromatic rings. The van der Waals surface area contributed by atoms with Crippen LogP contribution < -0.4 is 5.32 Å². The average Bonchev–Trinajstić information content (AvgIpc) is 2.62. The van der Waals surface area contributed by atoms with Crippen LogP contribution in [0.2, 0.25) is 0 Å². The van der Waals surface area contributed by atoms with Crippen LogP contribution in [-0.4, -0.2) is 21.5 Å². The number of imidazole rings is 1. The molecule has 102 valence electrons. The van der Waals surface area contributed by atoms with Crippen molar-refractivity contribution >= 4 is 29.2 Å². The van der Waals surface area contributed by atoms with Gasteiger partial charge in [0.05, 0.1) is 11.0 Å². The molecular formula is C13H16FN3OS. The topological polar surface area (TPSA) is 49.8 Å². The Balaban J connectivity index is 2.47. The molecule has 1 aromatic carbocycles. The van der Waals surface area contributed by atoms with Crippen LogP contribution in [0.3, 0.4) is 0 Å². The first-order chi connectivity index (χ1) is 8.90. The van der Waals surface area contributed by atoms with E-state index < -0.39 is 6.04 Å². The summed E-state index contributed by atoms with van der Waals surface area (Å²) in [6, 6.07) is 3.96. The van der Waals surface area contributed by atoms with Gasteiger partial charge in [-0.3, -0.25) is 4.79 Å². The third kappa shape index (κ3) is 2.68. The molecule has 0 fully saturated rings. The van der Waals surface area contributed by atoms with Gasteiger partial charge in [-0.15, -0.1) is 0 Å². The van der Waals surface area contributed by atoms with Gasteiger partial charge in [0.1, 0.15) is 11.9 Å². The van der Waals surface area contributed by atoms with E-state index in [0.29, 0.717) is 10.3 Å². The number of fused-ring (bicyclic) bond motifs is 1. The lowest BCUT2D eigenvalue weighted by atomic mass is 10.2. The molecule has 4 nitrogen and oxygen atoms in total. The first-order valence-electron chi connectivity index (χ1n) is 6.10. The van der Waals surface area contributed by atoms with Crippen molar-refractivity contribution in [3.8, 4) is 0 Å². The fourth-order valence-corrected chi connectivity index (χ4v) is 2.38. The molecule has 19 heavy (non-hydrogen) atoms. The molecule has 1 atom stereocenters. The van der Waals surface area contributed by atoms with Crippen molar-refractivity contribution in [1.82, 2.24) is 14.9 Å². The van der Waals surface area contributed by atoms with E-state index in [2.05, 4.69) is 10.3 Å². The van der Waals surface area contributed by atoms with Gasteiger partial charge < -0.3 is 14.9 Å². The van der Waals surface area contributed by atoms with Crippen LogP contribution in [0.5, 0.6) is 0 Å². The summed E-state index contributed by atoms with van der Waals surface area (Å²) in [5, 5.41) is 2.84. The van der Waals surface area contributed by atoms with Gasteiger partial charge in [0.2, 0.25) is 5.91 Å². The lowest BCUT2D eigenvalue weighted by Gasteiger charge is -2.16. The number of carbonyl (C=O) groups is 1. The van der Waals surface area contributed by atoms with E-state index in [1.807, 2.05) is 13.8 Å². The SMILES string of the molecule is CC(C)NC(=O)C(C)n1c(=S)[nH]c2cc(F)ccc21. The molecule has 1 amide bonds. The molecule has 0 aliphatic rings. The monoisotopic (exact) mass is 281 g/mol. The van der Waals surface area contributed by atoms with Gasteiger partial charge in [0, 0.05) is 6.04 Å². The van der Waals surface area contributed by atoms with Crippen molar-refractivity contribution in [1.29, 1.82) is 0 Å². The second kappa shape index (κ2) is 5.13. The summed E-state index contributed by atoms with van der Waals surface area (Å²) < 4.78 is 15.3. The molecule has 1 aromatic heterocycles. The predicted molar refractivity (Wildman–Crippen MR) is 75.1 cm³/mol. The number of hydrogen-bond donors (Lipinski definition) is 2. The van der Waals surface area contributed by atoms with E-state index in [1.165, 1.54) is 12.1 Å². The van der Waals surface area contributed by atoms with E-state index in [1.54, 1.807) is 17.6 Å². The first-order valence-corrected chi connectivity index (χ1v) is 6.51. The Kier molecular flexibility index (Phi) is 3.71. The lowest BCUT2D eigenvalue weighted by Crippen LogP contribution is -2.35. The third-order valence-electron chi connectivity index (χ3n) is 2.88. The molecule has 0 saturated carbocycles. The molecule has 6 heteroatoms. The number of carbonyl (C=O) groups excluding carboxylic acids is 1. The first kappa shape index (κ1) is 13.7. The summed E-state index contributed by atoms with van der Waals surface area (Å²) in [5.74, 6) is -0.452. The van der Waals surface area contributed by atoms with Crippen molar-refractivity contribution in [2.24, 2.45) is 0 Å². The largest absolute Gasteiger partial charge is 0.352 e. The summed E-state index contributed by atoms with van der Waals surface area (Å²) in [7, 11) is 0. The van der Waals surface area contributed by atoms with Crippen LogP contribution in [0.15, 0.2) is 18.2 Å². The van der Waals surface area contributed by atoms with E-state index in [9.17, 15) is 9.18 Å². The average molecular weight is 281 g/mol. The van der Waals surface area contributed by atoms with Gasteiger partial charge in [-0.2, -0.15) is 0 Å². The molecule has 1 heterocycles. The maximum atomic E-state index is 13.2. The van der Waals surface area contributed by atoms with Gasteiger partial charge in [0.15, 0.2) is 4.77 Å². The van der Waals surface area contributed by atoms with Crippen molar-refractivity contribution in [2.75, 3.05) is 0 Å². The van der Waals surface area contributed by atoms with Gasteiger partial charge in [0.25, 0.3) is 0 Å². The summed E-state index contributed by atoms with van der Waals surface area (Å²) in [4.78, 5) is 15.0. The summed E-state index contributed by atoms with van der Waals surface area (Å²) in [6.45, 7) is 5.56. The molecule has 1 unspecified atom stereocenters. The quantitative estimate of drug-likeness (QED) is 0.850. The van der Waals surface area contributed by atoms with Crippen LogP contribution in [-0.2, 0) is 4.79 Å². The van der Waals surface area contributed by atoms with Crippen LogP contribution in [0.25, 0.3) is 11.0 Å². The number of amides is 1. The number of rotatable bonds is 3. The second-order valence-electron chi connectivity index (χ2n) is 4.80. The van der Waals surface area contributed by atoms with Crippen molar-refractivity contribution in [3.05, 3.63) is 28.8 Å². The molecular weight excluding hydrogens is 265 g/mol. The minimum Gasteiger partial charge on any atom is -0.352 e. The van der Waals surface area contributed by atoms with Crippen molar-refractivity contribution in [3.63, 3.8) is 0 Å². The Hall–Kier alpha value is -1.69. The highest BCUT2D eigenvalue weighted by Gasteiger charge is 2.19. The number of nitrogens with zero attached hydrogens (tertiary/aromatic N) is 1. The summed E-state index contributed by atoms with van der Waals surface area (Å²) in [6.07, 6.45) is 0. The zero-order chi connectivity index (χ0) is 14.2. The van der Waals surface area contributed by atoms with Gasteiger partial charge in [-0.25, -0.2) is 4.39 Å². The van der Waals surface area contributed by atoms with Crippen LogP contribution >= 0.6 is 12.2 Å². The Morgan fingerprint density at radius 3 is 2.74 bits per heavy atom. The second-order valence-corrected chi connectivity index (χ2v) is 5.19. The maximum absolute atomic E-state index is 13.2. The number of hydrogen-bond acceptors (Lipinski definition) is 2. The van der Waals surface area contributed by atoms with Gasteiger partial charge in [-0.1, -0.05) is 0 Å². The zero-order valence-electron chi connectivity index (χ0n) is 11.0. The minimum absolute atomic E-state index is 0.0618. The number of H-pyrrole nitrogens is 1. The highest BCUT2D eigenvalue weighted by atomic mass is 32.1. The number of aromatic amines is 1.